The molecule has 0 radical (unpaired) electrons. The number of allylic oxidation sites excluding steroid dienone is 1. The van der Waals surface area contributed by atoms with Gasteiger partial charge >= 0.3 is 0 Å². The number of aliphatic hydroxyl groups excluding tert-OH is 1. The van der Waals surface area contributed by atoms with Gasteiger partial charge in [-0.1, -0.05) is 36.4 Å². The van der Waals surface area contributed by atoms with Crippen LogP contribution in [0.1, 0.15) is 18.1 Å². The Bertz CT molecular complexity index is 1280. The maximum Gasteiger partial charge on any atom is 0.141 e. The van der Waals surface area contributed by atoms with Gasteiger partial charge in [0, 0.05) is 29.7 Å². The van der Waals surface area contributed by atoms with Crippen molar-refractivity contribution in [1.29, 1.82) is 0 Å². The summed E-state index contributed by atoms with van der Waals surface area (Å²) in [7, 11) is 0. The van der Waals surface area contributed by atoms with E-state index in [9.17, 15) is 10.2 Å². The molecule has 0 unspecified atom stereocenters. The van der Waals surface area contributed by atoms with Gasteiger partial charge in [0.2, 0.25) is 0 Å². The van der Waals surface area contributed by atoms with Crippen molar-refractivity contribution in [1.82, 2.24) is 0 Å². The van der Waals surface area contributed by atoms with Crippen LogP contribution in [-0.2, 0) is 11.3 Å². The van der Waals surface area contributed by atoms with E-state index >= 15 is 0 Å². The minimum atomic E-state index is -0.136. The zero-order valence-electron chi connectivity index (χ0n) is 17.5. The molecule has 1 aromatic heterocycles. The standard InChI is InChI=1S/C26H25NO4/c1-16(2)21-8-5-18(15-28)26-24(21)25-22(29)13-19(14-23(25)31-26)17-3-6-20(7-4-17)27-9-11-30-12-10-27/h3-8,13-14,28-29H,1,9-12,15H2,2H3. The SMILES string of the molecule is C=C(C)c1ccc(CO)c2oc3cc(-c4ccc(N5CCOCC5)cc4)cc(O)c3c12. The molecule has 0 spiro atoms. The Morgan fingerprint density at radius 1 is 1.00 bits per heavy atom. The Morgan fingerprint density at radius 2 is 1.74 bits per heavy atom. The molecule has 4 aromatic rings. The number of ether oxygens (including phenoxy) is 1. The number of phenolic OH excluding ortho intramolecular Hbond substituents is 1. The topological polar surface area (TPSA) is 66.1 Å². The lowest BCUT2D eigenvalue weighted by molar-refractivity contribution is 0.122. The quantitative estimate of drug-likeness (QED) is 0.472. The highest BCUT2D eigenvalue weighted by Crippen LogP contribution is 2.42. The number of aliphatic hydroxyl groups is 1. The van der Waals surface area contributed by atoms with Gasteiger partial charge in [0.05, 0.1) is 25.2 Å². The second-order valence-electron chi connectivity index (χ2n) is 8.03. The fraction of sp³-hybridized carbons (Fsp3) is 0.231. The first kappa shape index (κ1) is 19.7. The predicted octanol–water partition coefficient (Wildman–Crippen LogP) is 5.32. The second kappa shape index (κ2) is 7.76. The Balaban J connectivity index is 1.62. The molecule has 0 bridgehead atoms. The third-order valence-electron chi connectivity index (χ3n) is 5.99. The highest BCUT2D eigenvalue weighted by molar-refractivity contribution is 6.14. The van der Waals surface area contributed by atoms with Crippen molar-refractivity contribution in [3.05, 3.63) is 66.2 Å². The number of anilines is 1. The fourth-order valence-corrected chi connectivity index (χ4v) is 4.37. The Kier molecular flexibility index (Phi) is 4.93. The molecule has 1 aliphatic heterocycles. The summed E-state index contributed by atoms with van der Waals surface area (Å²) < 4.78 is 11.6. The molecule has 158 valence electrons. The molecular formula is C26H25NO4. The maximum atomic E-state index is 11.0. The van der Waals surface area contributed by atoms with Crippen molar-refractivity contribution in [2.24, 2.45) is 0 Å². The van der Waals surface area contributed by atoms with Gasteiger partial charge in [0.25, 0.3) is 0 Å². The molecule has 5 rings (SSSR count). The number of fused-ring (bicyclic) bond motifs is 3. The van der Waals surface area contributed by atoms with Crippen LogP contribution in [0.2, 0.25) is 0 Å². The average molecular weight is 415 g/mol. The molecule has 1 fully saturated rings. The van der Waals surface area contributed by atoms with Gasteiger partial charge in [-0.05, 0) is 47.9 Å². The summed E-state index contributed by atoms with van der Waals surface area (Å²) in [5.74, 6) is 0.154. The summed E-state index contributed by atoms with van der Waals surface area (Å²) in [6, 6.07) is 15.8. The van der Waals surface area contributed by atoms with E-state index in [0.717, 1.165) is 54.0 Å². The predicted molar refractivity (Wildman–Crippen MR) is 124 cm³/mol. The Hall–Kier alpha value is -3.28. The van der Waals surface area contributed by atoms with Crippen molar-refractivity contribution in [3.8, 4) is 16.9 Å². The third-order valence-corrected chi connectivity index (χ3v) is 5.99. The van der Waals surface area contributed by atoms with Crippen LogP contribution in [-0.4, -0.2) is 36.5 Å². The van der Waals surface area contributed by atoms with Gasteiger partial charge in [0.15, 0.2) is 0 Å². The van der Waals surface area contributed by atoms with Crippen LogP contribution in [0.4, 0.5) is 5.69 Å². The first-order valence-corrected chi connectivity index (χ1v) is 10.5. The number of phenols is 1. The lowest BCUT2D eigenvalue weighted by Crippen LogP contribution is -2.36. The smallest absolute Gasteiger partial charge is 0.141 e. The first-order valence-electron chi connectivity index (χ1n) is 10.5. The van der Waals surface area contributed by atoms with Crippen LogP contribution in [0, 0.1) is 0 Å². The molecule has 1 saturated heterocycles. The van der Waals surface area contributed by atoms with Gasteiger partial charge < -0.3 is 24.3 Å². The highest BCUT2D eigenvalue weighted by atomic mass is 16.5. The second-order valence-corrected chi connectivity index (χ2v) is 8.03. The van der Waals surface area contributed by atoms with Crippen LogP contribution in [0.15, 0.2) is 59.5 Å². The number of hydrogen-bond acceptors (Lipinski definition) is 5. The highest BCUT2D eigenvalue weighted by Gasteiger charge is 2.19. The van der Waals surface area contributed by atoms with Crippen molar-refractivity contribution >= 4 is 33.2 Å². The molecule has 1 aliphatic rings. The van der Waals surface area contributed by atoms with E-state index in [1.54, 1.807) is 6.07 Å². The van der Waals surface area contributed by atoms with Gasteiger partial charge in [-0.3, -0.25) is 0 Å². The summed E-state index contributed by atoms with van der Waals surface area (Å²) in [5.41, 5.74) is 6.69. The van der Waals surface area contributed by atoms with Crippen LogP contribution in [0.5, 0.6) is 5.75 Å². The van der Waals surface area contributed by atoms with Crippen molar-refractivity contribution in [2.45, 2.75) is 13.5 Å². The number of rotatable bonds is 4. The zero-order chi connectivity index (χ0) is 21.5. The van der Waals surface area contributed by atoms with E-state index < -0.39 is 0 Å². The molecule has 5 nitrogen and oxygen atoms in total. The maximum absolute atomic E-state index is 11.0. The van der Waals surface area contributed by atoms with Gasteiger partial charge in [0.1, 0.15) is 16.9 Å². The monoisotopic (exact) mass is 415 g/mol. The number of nitrogens with zero attached hydrogens (tertiary/aromatic N) is 1. The summed E-state index contributed by atoms with van der Waals surface area (Å²) in [4.78, 5) is 2.31. The van der Waals surface area contributed by atoms with Gasteiger partial charge in [-0.25, -0.2) is 0 Å². The molecule has 0 saturated carbocycles. The van der Waals surface area contributed by atoms with Crippen LogP contribution < -0.4 is 4.90 Å². The van der Waals surface area contributed by atoms with E-state index in [2.05, 4.69) is 35.7 Å². The van der Waals surface area contributed by atoms with Crippen molar-refractivity contribution in [3.63, 3.8) is 0 Å². The Labute approximate surface area is 180 Å². The van der Waals surface area contributed by atoms with Gasteiger partial charge in [-0.15, -0.1) is 0 Å². The molecule has 0 atom stereocenters. The molecule has 0 amide bonds. The Morgan fingerprint density at radius 3 is 2.42 bits per heavy atom. The molecule has 0 aliphatic carbocycles. The van der Waals surface area contributed by atoms with Crippen molar-refractivity contribution < 1.29 is 19.4 Å². The fourth-order valence-electron chi connectivity index (χ4n) is 4.37. The van der Waals surface area contributed by atoms with Crippen molar-refractivity contribution in [2.75, 3.05) is 31.2 Å². The van der Waals surface area contributed by atoms with E-state index in [1.807, 2.05) is 25.1 Å². The number of morpholine rings is 1. The van der Waals surface area contributed by atoms with Crippen LogP contribution in [0.3, 0.4) is 0 Å². The third kappa shape index (κ3) is 3.36. The van der Waals surface area contributed by atoms with E-state index in [1.165, 1.54) is 5.69 Å². The average Bonchev–Trinajstić information content (AvgIpc) is 3.19. The lowest BCUT2D eigenvalue weighted by atomic mass is 9.97. The van der Waals surface area contributed by atoms with Crippen LogP contribution >= 0.6 is 0 Å². The molecule has 2 N–H and O–H groups in total. The van der Waals surface area contributed by atoms with E-state index in [0.29, 0.717) is 22.1 Å². The first-order chi connectivity index (χ1) is 15.1. The number of aromatic hydroxyl groups is 1. The lowest BCUT2D eigenvalue weighted by Gasteiger charge is -2.28. The van der Waals surface area contributed by atoms with E-state index in [-0.39, 0.29) is 12.4 Å². The molecule has 31 heavy (non-hydrogen) atoms. The normalized spacial score (nSPS) is 14.5. The summed E-state index contributed by atoms with van der Waals surface area (Å²) in [6.07, 6.45) is 0. The number of hydrogen-bond donors (Lipinski definition) is 2. The molecule has 2 heterocycles. The number of benzene rings is 3. The summed E-state index contributed by atoms with van der Waals surface area (Å²) in [5, 5.41) is 22.2. The minimum Gasteiger partial charge on any atom is -0.507 e. The molecule has 3 aromatic carbocycles. The molecule has 5 heteroatoms. The molecular weight excluding hydrogens is 390 g/mol. The summed E-state index contributed by atoms with van der Waals surface area (Å²) >= 11 is 0. The minimum absolute atomic E-state index is 0.136. The zero-order valence-corrected chi connectivity index (χ0v) is 17.5. The van der Waals surface area contributed by atoms with Crippen LogP contribution in [0.25, 0.3) is 38.6 Å². The largest absolute Gasteiger partial charge is 0.507 e. The number of furan rings is 1. The van der Waals surface area contributed by atoms with E-state index in [4.69, 9.17) is 9.15 Å². The van der Waals surface area contributed by atoms with Gasteiger partial charge in [-0.2, -0.15) is 0 Å². The summed E-state index contributed by atoms with van der Waals surface area (Å²) in [6.45, 7) is 9.14.